The monoisotopic (exact) mass is 450 g/mol. The quantitative estimate of drug-likeness (QED) is 0.543. The Bertz CT molecular complexity index is 957. The molecule has 4 bridgehead atoms. The molecule has 1 aliphatic heterocycles. The molecule has 0 saturated carbocycles. The third kappa shape index (κ3) is 7.60. The summed E-state index contributed by atoms with van der Waals surface area (Å²) in [5, 5.41) is 12.6. The third-order valence-electron chi connectivity index (χ3n) is 6.03. The van der Waals surface area contributed by atoms with E-state index in [0.717, 1.165) is 31.4 Å². The van der Waals surface area contributed by atoms with Crippen LogP contribution in [0.1, 0.15) is 60.7 Å². The van der Waals surface area contributed by atoms with Crippen LogP contribution in [0.25, 0.3) is 0 Å². The molecule has 0 spiro atoms. The molecule has 0 fully saturated rings. The maximum atomic E-state index is 13.2. The van der Waals surface area contributed by atoms with Gasteiger partial charge in [-0.05, 0) is 87.8 Å². The number of anilines is 1. The summed E-state index contributed by atoms with van der Waals surface area (Å²) in [5.74, 6) is -0.127. The fraction of sp³-hybridized carbons (Fsp3) is 0.481. The van der Waals surface area contributed by atoms with Crippen molar-refractivity contribution in [2.75, 3.05) is 18.9 Å². The van der Waals surface area contributed by atoms with Crippen molar-refractivity contribution in [1.29, 1.82) is 0 Å². The number of fused-ring (bicyclic) bond motifs is 4. The lowest BCUT2D eigenvalue weighted by Crippen LogP contribution is -2.50. The Morgan fingerprint density at radius 3 is 2.48 bits per heavy atom. The molecule has 1 unspecified atom stereocenters. The van der Waals surface area contributed by atoms with Crippen molar-refractivity contribution in [3.05, 3.63) is 64.7 Å². The zero-order valence-corrected chi connectivity index (χ0v) is 20.3. The Kier molecular flexibility index (Phi) is 8.89. The lowest BCUT2D eigenvalue weighted by atomic mass is 9.97. The smallest absolute Gasteiger partial charge is 0.251 e. The standard InChI is InChI=1S/C27H38N4O2/c1-18(2)30-26(32)19(3)29-17-25-15-21-11-7-10-20(12-21)8-5-6-9-22-13-23(27(33)31-25)16-24(14-22)28-4/h7,10-14,16,18-19,25,28-29H,5-6,8-9,15,17H2,1-4H3,(H,30,32)(H,31,33)/t19-,25?/m0/s1. The zero-order valence-electron chi connectivity index (χ0n) is 20.3. The SMILES string of the molecule is CNc1cc2cc(c1)C(=O)NC(CN[C@@H](C)C(=O)NC(C)C)Cc1cccc(c1)CCCC2. The van der Waals surface area contributed by atoms with Crippen LogP contribution in [0.2, 0.25) is 0 Å². The van der Waals surface area contributed by atoms with Gasteiger partial charge in [-0.25, -0.2) is 0 Å². The summed E-state index contributed by atoms with van der Waals surface area (Å²) in [6.45, 7) is 6.25. The summed E-state index contributed by atoms with van der Waals surface area (Å²) in [7, 11) is 1.88. The number of hydrogen-bond acceptors (Lipinski definition) is 4. The summed E-state index contributed by atoms with van der Waals surface area (Å²) in [6.07, 6.45) is 4.89. The van der Waals surface area contributed by atoms with E-state index in [4.69, 9.17) is 0 Å². The van der Waals surface area contributed by atoms with Crippen molar-refractivity contribution in [3.63, 3.8) is 0 Å². The highest BCUT2D eigenvalue weighted by molar-refractivity contribution is 5.95. The molecule has 6 nitrogen and oxygen atoms in total. The lowest BCUT2D eigenvalue weighted by molar-refractivity contribution is -0.123. The molecule has 0 saturated heterocycles. The van der Waals surface area contributed by atoms with Gasteiger partial charge in [-0.2, -0.15) is 0 Å². The lowest BCUT2D eigenvalue weighted by Gasteiger charge is -2.23. The van der Waals surface area contributed by atoms with E-state index in [1.54, 1.807) is 0 Å². The summed E-state index contributed by atoms with van der Waals surface area (Å²) in [4.78, 5) is 25.6. The molecule has 1 aliphatic rings. The molecular formula is C27H38N4O2. The van der Waals surface area contributed by atoms with E-state index in [1.165, 1.54) is 16.7 Å². The number of aryl methyl sites for hydroxylation is 2. The van der Waals surface area contributed by atoms with Crippen LogP contribution in [0.3, 0.4) is 0 Å². The molecule has 4 N–H and O–H groups in total. The van der Waals surface area contributed by atoms with Gasteiger partial charge >= 0.3 is 0 Å². The Labute approximate surface area is 197 Å². The van der Waals surface area contributed by atoms with Gasteiger partial charge in [-0.1, -0.05) is 24.3 Å². The van der Waals surface area contributed by atoms with Crippen molar-refractivity contribution in [2.45, 2.75) is 71.0 Å². The van der Waals surface area contributed by atoms with E-state index in [-0.39, 0.29) is 29.9 Å². The van der Waals surface area contributed by atoms with Crippen molar-refractivity contribution in [1.82, 2.24) is 16.0 Å². The fourth-order valence-corrected chi connectivity index (χ4v) is 4.23. The molecule has 178 valence electrons. The first kappa shape index (κ1) is 24.8. The molecule has 2 aromatic rings. The van der Waals surface area contributed by atoms with Gasteiger partial charge < -0.3 is 21.3 Å². The predicted octanol–water partition coefficient (Wildman–Crippen LogP) is 3.45. The van der Waals surface area contributed by atoms with Gasteiger partial charge in [0.25, 0.3) is 5.91 Å². The first-order valence-electron chi connectivity index (χ1n) is 12.1. The van der Waals surface area contributed by atoms with E-state index in [0.29, 0.717) is 18.5 Å². The van der Waals surface area contributed by atoms with E-state index >= 15 is 0 Å². The second-order valence-electron chi connectivity index (χ2n) is 9.36. The van der Waals surface area contributed by atoms with Crippen molar-refractivity contribution in [3.8, 4) is 0 Å². The molecule has 2 amide bonds. The largest absolute Gasteiger partial charge is 0.388 e. The number of rotatable bonds is 6. The zero-order chi connectivity index (χ0) is 23.8. The number of amides is 2. The average molecular weight is 451 g/mol. The number of nitrogens with one attached hydrogen (secondary N) is 4. The maximum Gasteiger partial charge on any atom is 0.251 e. The Morgan fingerprint density at radius 1 is 1.03 bits per heavy atom. The second-order valence-corrected chi connectivity index (χ2v) is 9.36. The van der Waals surface area contributed by atoms with Crippen LogP contribution < -0.4 is 21.3 Å². The molecule has 33 heavy (non-hydrogen) atoms. The number of hydrogen-bond donors (Lipinski definition) is 4. The minimum absolute atomic E-state index is 0.0365. The van der Waals surface area contributed by atoms with Crippen molar-refractivity contribution >= 4 is 17.5 Å². The van der Waals surface area contributed by atoms with Gasteiger partial charge in [-0.3, -0.25) is 9.59 Å². The van der Waals surface area contributed by atoms with Crippen LogP contribution >= 0.6 is 0 Å². The predicted molar refractivity (Wildman–Crippen MR) is 135 cm³/mol. The van der Waals surface area contributed by atoms with Gasteiger partial charge in [0, 0.05) is 36.9 Å². The van der Waals surface area contributed by atoms with Gasteiger partial charge in [0.05, 0.1) is 6.04 Å². The molecule has 0 radical (unpaired) electrons. The van der Waals surface area contributed by atoms with E-state index in [1.807, 2.05) is 40.0 Å². The van der Waals surface area contributed by atoms with Crippen LogP contribution in [0.4, 0.5) is 5.69 Å². The van der Waals surface area contributed by atoms with Gasteiger partial charge in [-0.15, -0.1) is 0 Å². The molecule has 2 atom stereocenters. The summed E-state index contributed by atoms with van der Waals surface area (Å²) >= 11 is 0. The summed E-state index contributed by atoms with van der Waals surface area (Å²) < 4.78 is 0. The van der Waals surface area contributed by atoms with Crippen LogP contribution in [-0.4, -0.2) is 43.5 Å². The fourth-order valence-electron chi connectivity index (χ4n) is 4.23. The highest BCUT2D eigenvalue weighted by Gasteiger charge is 2.19. The minimum atomic E-state index is -0.344. The molecule has 3 rings (SSSR count). The Hall–Kier alpha value is -2.86. The minimum Gasteiger partial charge on any atom is -0.388 e. The van der Waals surface area contributed by atoms with E-state index in [9.17, 15) is 9.59 Å². The normalized spacial score (nSPS) is 17.6. The summed E-state index contributed by atoms with van der Waals surface area (Å²) in [6, 6.07) is 14.3. The number of benzene rings is 2. The number of carbonyl (C=O) groups is 2. The molecule has 6 heteroatoms. The summed E-state index contributed by atoms with van der Waals surface area (Å²) in [5.41, 5.74) is 5.31. The van der Waals surface area contributed by atoms with E-state index < -0.39 is 0 Å². The van der Waals surface area contributed by atoms with Crippen molar-refractivity contribution in [2.24, 2.45) is 0 Å². The van der Waals surface area contributed by atoms with Gasteiger partial charge in [0.2, 0.25) is 5.91 Å². The highest BCUT2D eigenvalue weighted by Crippen LogP contribution is 2.19. The topological polar surface area (TPSA) is 82.3 Å². The second kappa shape index (κ2) is 11.8. The molecule has 2 aromatic carbocycles. The molecule has 1 heterocycles. The van der Waals surface area contributed by atoms with Crippen LogP contribution in [0.15, 0.2) is 42.5 Å². The van der Waals surface area contributed by atoms with Gasteiger partial charge in [0.1, 0.15) is 0 Å². The van der Waals surface area contributed by atoms with Crippen molar-refractivity contribution < 1.29 is 9.59 Å². The van der Waals surface area contributed by atoms with Gasteiger partial charge in [0.15, 0.2) is 0 Å². The molecule has 0 aromatic heterocycles. The first-order chi connectivity index (χ1) is 15.8. The third-order valence-corrected chi connectivity index (χ3v) is 6.03. The number of carbonyl (C=O) groups excluding carboxylic acids is 2. The maximum absolute atomic E-state index is 13.2. The van der Waals surface area contributed by atoms with E-state index in [2.05, 4.69) is 51.6 Å². The molecular weight excluding hydrogens is 412 g/mol. The molecule has 0 aliphatic carbocycles. The van der Waals surface area contributed by atoms with Crippen LogP contribution in [0.5, 0.6) is 0 Å². The van der Waals surface area contributed by atoms with Crippen LogP contribution in [-0.2, 0) is 24.1 Å². The first-order valence-corrected chi connectivity index (χ1v) is 12.1. The highest BCUT2D eigenvalue weighted by atomic mass is 16.2. The Morgan fingerprint density at radius 2 is 1.76 bits per heavy atom. The average Bonchev–Trinajstić information content (AvgIpc) is 2.79. The Balaban J connectivity index is 1.82. The van der Waals surface area contributed by atoms with Crippen LogP contribution in [0, 0.1) is 0 Å².